The first-order valence-electron chi connectivity index (χ1n) is 6.74. The van der Waals surface area contributed by atoms with Crippen LogP contribution in [0.25, 0.3) is 0 Å². The van der Waals surface area contributed by atoms with Crippen molar-refractivity contribution in [3.05, 3.63) is 47.4 Å². The summed E-state index contributed by atoms with van der Waals surface area (Å²) in [5, 5.41) is 14.1. The summed E-state index contributed by atoms with van der Waals surface area (Å²) in [7, 11) is 0. The lowest BCUT2D eigenvalue weighted by atomic mass is 10.2. The second-order valence-corrected chi connectivity index (χ2v) is 5.69. The smallest absolute Gasteiger partial charge is 0.313 e. The lowest BCUT2D eigenvalue weighted by Gasteiger charge is -2.06. The molecule has 0 saturated carbocycles. The molecule has 0 amide bonds. The molecule has 21 heavy (non-hydrogen) atoms. The molecule has 0 unspecified atom stereocenters. The highest BCUT2D eigenvalue weighted by molar-refractivity contribution is 7.99. The fourth-order valence-electron chi connectivity index (χ4n) is 1.96. The number of benzene rings is 1. The summed E-state index contributed by atoms with van der Waals surface area (Å²) in [6, 6.07) is 8.18. The third-order valence-electron chi connectivity index (χ3n) is 2.89. The van der Waals surface area contributed by atoms with Crippen LogP contribution in [0, 0.1) is 5.82 Å². The third kappa shape index (κ3) is 4.60. The van der Waals surface area contributed by atoms with Crippen molar-refractivity contribution in [1.82, 2.24) is 9.78 Å². The minimum absolute atomic E-state index is 0.000671. The number of aryl methyl sites for hydroxylation is 1. The van der Waals surface area contributed by atoms with Crippen LogP contribution in [0.4, 0.5) is 4.39 Å². The van der Waals surface area contributed by atoms with Gasteiger partial charge in [-0.25, -0.2) is 4.39 Å². The molecule has 0 bridgehead atoms. The molecular formula is C15H17FN2O2S. The summed E-state index contributed by atoms with van der Waals surface area (Å²) in [6.45, 7) is 2.58. The van der Waals surface area contributed by atoms with Crippen molar-refractivity contribution in [1.29, 1.82) is 0 Å². The van der Waals surface area contributed by atoms with Gasteiger partial charge in [0, 0.05) is 0 Å². The number of rotatable bonds is 7. The van der Waals surface area contributed by atoms with E-state index in [4.69, 9.17) is 5.11 Å². The molecule has 112 valence electrons. The average Bonchev–Trinajstić information content (AvgIpc) is 2.81. The Morgan fingerprint density at radius 3 is 2.71 bits per heavy atom. The lowest BCUT2D eigenvalue weighted by Crippen LogP contribution is -2.05. The molecule has 1 N–H and O–H groups in total. The standard InChI is InChI=1S/C15H17FN2O2S/c1-2-3-13-8-14(21-10-15(19)20)18(17-13)9-11-4-6-12(16)7-5-11/h4-8H,2-3,9-10H2,1H3,(H,19,20). The van der Waals surface area contributed by atoms with Crippen molar-refractivity contribution in [2.45, 2.75) is 31.3 Å². The highest BCUT2D eigenvalue weighted by atomic mass is 32.2. The van der Waals surface area contributed by atoms with Gasteiger partial charge in [-0.1, -0.05) is 37.2 Å². The van der Waals surface area contributed by atoms with Gasteiger partial charge in [0.2, 0.25) is 0 Å². The zero-order valence-corrected chi connectivity index (χ0v) is 12.6. The van der Waals surface area contributed by atoms with E-state index in [9.17, 15) is 9.18 Å². The molecule has 0 aliphatic rings. The van der Waals surface area contributed by atoms with Crippen LogP contribution in [0.5, 0.6) is 0 Å². The summed E-state index contributed by atoms with van der Waals surface area (Å²) < 4.78 is 14.7. The number of aliphatic carboxylic acids is 1. The minimum atomic E-state index is -0.855. The van der Waals surface area contributed by atoms with Gasteiger partial charge in [0.05, 0.1) is 23.0 Å². The SMILES string of the molecule is CCCc1cc(SCC(=O)O)n(Cc2ccc(F)cc2)n1. The van der Waals surface area contributed by atoms with Crippen molar-refractivity contribution in [2.75, 3.05) is 5.75 Å². The van der Waals surface area contributed by atoms with Gasteiger partial charge in [0.1, 0.15) is 5.82 Å². The molecule has 0 atom stereocenters. The number of halogens is 1. The molecule has 0 radical (unpaired) electrons. The van der Waals surface area contributed by atoms with Gasteiger partial charge in [-0.2, -0.15) is 5.10 Å². The predicted molar refractivity (Wildman–Crippen MR) is 80.1 cm³/mol. The highest BCUT2D eigenvalue weighted by Crippen LogP contribution is 2.21. The molecule has 0 aliphatic carbocycles. The van der Waals surface area contributed by atoms with Crippen LogP contribution >= 0.6 is 11.8 Å². The molecule has 0 saturated heterocycles. The first-order chi connectivity index (χ1) is 10.1. The fourth-order valence-corrected chi connectivity index (χ4v) is 2.70. The molecule has 1 aromatic heterocycles. The quantitative estimate of drug-likeness (QED) is 0.798. The average molecular weight is 308 g/mol. The lowest BCUT2D eigenvalue weighted by molar-refractivity contribution is -0.133. The Morgan fingerprint density at radius 1 is 1.38 bits per heavy atom. The molecule has 1 heterocycles. The number of carbonyl (C=O) groups is 1. The van der Waals surface area contributed by atoms with E-state index >= 15 is 0 Å². The van der Waals surface area contributed by atoms with Crippen molar-refractivity contribution in [3.8, 4) is 0 Å². The number of hydrogen-bond acceptors (Lipinski definition) is 3. The van der Waals surface area contributed by atoms with Gasteiger partial charge in [-0.15, -0.1) is 0 Å². The molecule has 6 heteroatoms. The van der Waals surface area contributed by atoms with Crippen LogP contribution in [0.15, 0.2) is 35.4 Å². The first kappa shape index (κ1) is 15.6. The number of nitrogens with zero attached hydrogens (tertiary/aromatic N) is 2. The van der Waals surface area contributed by atoms with Gasteiger partial charge in [0.15, 0.2) is 0 Å². The zero-order valence-electron chi connectivity index (χ0n) is 11.8. The van der Waals surface area contributed by atoms with Crippen LogP contribution in [0.1, 0.15) is 24.6 Å². The van der Waals surface area contributed by atoms with Gasteiger partial charge in [0.25, 0.3) is 0 Å². The van der Waals surface area contributed by atoms with Crippen LogP contribution in [-0.2, 0) is 17.8 Å². The molecule has 2 aromatic rings. The summed E-state index contributed by atoms with van der Waals surface area (Å²) in [4.78, 5) is 10.7. The fraction of sp³-hybridized carbons (Fsp3) is 0.333. The van der Waals surface area contributed by atoms with E-state index in [-0.39, 0.29) is 11.6 Å². The topological polar surface area (TPSA) is 55.1 Å². The van der Waals surface area contributed by atoms with Gasteiger partial charge in [-0.05, 0) is 30.2 Å². The monoisotopic (exact) mass is 308 g/mol. The van der Waals surface area contributed by atoms with E-state index < -0.39 is 5.97 Å². The number of aromatic nitrogens is 2. The molecule has 0 spiro atoms. The summed E-state index contributed by atoms with van der Waals surface area (Å²) in [5.74, 6) is -1.13. The molecule has 0 aliphatic heterocycles. The van der Waals surface area contributed by atoms with E-state index in [1.807, 2.05) is 6.07 Å². The molecular weight excluding hydrogens is 291 g/mol. The van der Waals surface area contributed by atoms with Crippen molar-refractivity contribution in [3.63, 3.8) is 0 Å². The molecule has 0 fully saturated rings. The Kier molecular flexibility index (Phi) is 5.38. The summed E-state index contributed by atoms with van der Waals surface area (Å²) >= 11 is 1.25. The second kappa shape index (κ2) is 7.26. The van der Waals surface area contributed by atoms with E-state index in [2.05, 4.69) is 12.0 Å². The van der Waals surface area contributed by atoms with Crippen LogP contribution < -0.4 is 0 Å². The van der Waals surface area contributed by atoms with Crippen molar-refractivity contribution < 1.29 is 14.3 Å². The largest absolute Gasteiger partial charge is 0.481 e. The first-order valence-corrected chi connectivity index (χ1v) is 7.73. The Balaban J connectivity index is 2.18. The maximum atomic E-state index is 12.9. The maximum Gasteiger partial charge on any atom is 0.313 e. The summed E-state index contributed by atoms with van der Waals surface area (Å²) in [6.07, 6.45) is 1.84. The van der Waals surface area contributed by atoms with E-state index in [1.165, 1.54) is 23.9 Å². The van der Waals surface area contributed by atoms with Crippen LogP contribution in [0.2, 0.25) is 0 Å². The van der Waals surface area contributed by atoms with Crippen molar-refractivity contribution in [2.24, 2.45) is 0 Å². The molecule has 2 rings (SSSR count). The normalized spacial score (nSPS) is 10.8. The van der Waals surface area contributed by atoms with Gasteiger partial charge in [-0.3, -0.25) is 9.48 Å². The Hall–Kier alpha value is -1.82. The molecule has 4 nitrogen and oxygen atoms in total. The van der Waals surface area contributed by atoms with Crippen LogP contribution in [0.3, 0.4) is 0 Å². The van der Waals surface area contributed by atoms with E-state index in [0.717, 1.165) is 29.1 Å². The van der Waals surface area contributed by atoms with Gasteiger partial charge >= 0.3 is 5.97 Å². The zero-order chi connectivity index (χ0) is 15.2. The Bertz CT molecular complexity index is 611. The highest BCUT2D eigenvalue weighted by Gasteiger charge is 2.10. The number of hydrogen-bond donors (Lipinski definition) is 1. The molecule has 1 aromatic carbocycles. The maximum absolute atomic E-state index is 12.9. The summed E-state index contributed by atoms with van der Waals surface area (Å²) in [5.41, 5.74) is 1.88. The van der Waals surface area contributed by atoms with Crippen LogP contribution in [-0.4, -0.2) is 26.6 Å². The van der Waals surface area contributed by atoms with Crippen molar-refractivity contribution >= 4 is 17.7 Å². The Labute approximate surface area is 127 Å². The third-order valence-corrected chi connectivity index (χ3v) is 3.90. The number of thioether (sulfide) groups is 1. The van der Waals surface area contributed by atoms with Gasteiger partial charge < -0.3 is 5.11 Å². The predicted octanol–water partition coefficient (Wildman–Crippen LogP) is 3.20. The minimum Gasteiger partial charge on any atom is -0.481 e. The number of carboxylic acid groups (broad SMARTS) is 1. The second-order valence-electron chi connectivity index (χ2n) is 4.69. The van der Waals surface area contributed by atoms with E-state index in [0.29, 0.717) is 6.54 Å². The van der Waals surface area contributed by atoms with E-state index in [1.54, 1.807) is 16.8 Å². The number of carboxylic acids is 1. The Morgan fingerprint density at radius 2 is 2.10 bits per heavy atom.